The van der Waals surface area contributed by atoms with Crippen LogP contribution < -0.4 is 10.6 Å². The van der Waals surface area contributed by atoms with Crippen LogP contribution in [0.25, 0.3) is 0 Å². The summed E-state index contributed by atoms with van der Waals surface area (Å²) in [5, 5.41) is 6.42. The van der Waals surface area contributed by atoms with Crippen LogP contribution in [-0.2, 0) is 4.79 Å². The zero-order valence-electron chi connectivity index (χ0n) is 10.4. The van der Waals surface area contributed by atoms with Crippen molar-refractivity contribution in [3.8, 4) is 0 Å². The minimum Gasteiger partial charge on any atom is -0.353 e. The molecule has 1 aromatic rings. The van der Waals surface area contributed by atoms with Crippen molar-refractivity contribution in [3.63, 3.8) is 0 Å². The van der Waals surface area contributed by atoms with E-state index in [9.17, 15) is 4.79 Å². The maximum atomic E-state index is 11.7. The molecule has 0 aliphatic carbocycles. The number of amides is 1. The molecule has 3 heteroatoms. The lowest BCUT2D eigenvalue weighted by Gasteiger charge is -2.32. The van der Waals surface area contributed by atoms with Crippen LogP contribution in [-0.4, -0.2) is 18.5 Å². The van der Waals surface area contributed by atoms with Gasteiger partial charge in [-0.05, 0) is 17.9 Å². The van der Waals surface area contributed by atoms with Crippen molar-refractivity contribution < 1.29 is 4.79 Å². The lowest BCUT2D eigenvalue weighted by Crippen LogP contribution is -2.54. The van der Waals surface area contributed by atoms with Gasteiger partial charge in [0.1, 0.15) is 0 Å². The van der Waals surface area contributed by atoms with Crippen molar-refractivity contribution in [2.45, 2.75) is 32.4 Å². The standard InChI is InChI=1S/C14H20N2O/c1-10(2)8-12-14(17)15-9-13(16-12)11-6-4-3-5-7-11/h3-7,10,12-13,16H,8-9H2,1-2H3,(H,15,17). The number of rotatable bonds is 3. The van der Waals surface area contributed by atoms with Crippen LogP contribution >= 0.6 is 0 Å². The Bertz CT molecular complexity index is 375. The summed E-state index contributed by atoms with van der Waals surface area (Å²) in [5.41, 5.74) is 1.24. The van der Waals surface area contributed by atoms with Crippen LogP contribution in [0.1, 0.15) is 31.9 Å². The first-order valence-corrected chi connectivity index (χ1v) is 6.25. The third-order valence-corrected chi connectivity index (χ3v) is 3.11. The fraction of sp³-hybridized carbons (Fsp3) is 0.500. The lowest BCUT2D eigenvalue weighted by atomic mass is 9.97. The first-order valence-electron chi connectivity index (χ1n) is 6.25. The Morgan fingerprint density at radius 3 is 2.65 bits per heavy atom. The second-order valence-electron chi connectivity index (χ2n) is 5.06. The molecule has 1 aliphatic rings. The summed E-state index contributed by atoms with van der Waals surface area (Å²) in [4.78, 5) is 11.7. The van der Waals surface area contributed by atoms with Crippen LogP contribution in [0.15, 0.2) is 30.3 Å². The minimum absolute atomic E-state index is 0.0612. The van der Waals surface area contributed by atoms with Gasteiger partial charge in [-0.2, -0.15) is 0 Å². The van der Waals surface area contributed by atoms with E-state index in [4.69, 9.17) is 0 Å². The van der Waals surface area contributed by atoms with Gasteiger partial charge in [0.2, 0.25) is 5.91 Å². The highest BCUT2D eigenvalue weighted by Gasteiger charge is 2.28. The van der Waals surface area contributed by atoms with Gasteiger partial charge in [0.05, 0.1) is 12.1 Å². The summed E-state index contributed by atoms with van der Waals surface area (Å²) >= 11 is 0. The average Bonchev–Trinajstić information content (AvgIpc) is 2.32. The van der Waals surface area contributed by atoms with Gasteiger partial charge in [0.15, 0.2) is 0 Å². The molecule has 2 unspecified atom stereocenters. The van der Waals surface area contributed by atoms with Crippen LogP contribution in [0.4, 0.5) is 0 Å². The molecule has 0 radical (unpaired) electrons. The van der Waals surface area contributed by atoms with E-state index >= 15 is 0 Å². The molecule has 0 saturated carbocycles. The molecule has 1 aromatic carbocycles. The highest BCUT2D eigenvalue weighted by Crippen LogP contribution is 2.18. The molecular weight excluding hydrogens is 212 g/mol. The fourth-order valence-electron chi connectivity index (χ4n) is 2.25. The predicted octanol–water partition coefficient (Wildman–Crippen LogP) is 1.86. The molecule has 2 rings (SSSR count). The van der Waals surface area contributed by atoms with Crippen molar-refractivity contribution in [2.75, 3.05) is 6.54 Å². The summed E-state index contributed by atoms with van der Waals surface area (Å²) in [7, 11) is 0. The van der Waals surface area contributed by atoms with Crippen molar-refractivity contribution in [1.29, 1.82) is 0 Å². The Morgan fingerprint density at radius 1 is 1.29 bits per heavy atom. The van der Waals surface area contributed by atoms with Crippen molar-refractivity contribution in [3.05, 3.63) is 35.9 Å². The highest BCUT2D eigenvalue weighted by molar-refractivity contribution is 5.82. The number of piperazine rings is 1. The molecule has 1 saturated heterocycles. The van der Waals surface area contributed by atoms with Gasteiger partial charge >= 0.3 is 0 Å². The molecule has 2 atom stereocenters. The summed E-state index contributed by atoms with van der Waals surface area (Å²) < 4.78 is 0. The zero-order valence-corrected chi connectivity index (χ0v) is 10.4. The summed E-state index contributed by atoms with van der Waals surface area (Å²) in [6.45, 7) is 4.96. The Kier molecular flexibility index (Phi) is 3.79. The Labute approximate surface area is 103 Å². The maximum absolute atomic E-state index is 11.7. The number of carbonyl (C=O) groups excluding carboxylic acids is 1. The van der Waals surface area contributed by atoms with Gasteiger partial charge in [0, 0.05) is 6.54 Å². The molecule has 1 amide bonds. The summed E-state index contributed by atoms with van der Waals surface area (Å²) in [5.74, 6) is 0.652. The minimum atomic E-state index is -0.0612. The van der Waals surface area contributed by atoms with Crippen LogP contribution in [0, 0.1) is 5.92 Å². The molecule has 3 nitrogen and oxygen atoms in total. The van der Waals surface area contributed by atoms with Gasteiger partial charge in [-0.3, -0.25) is 10.1 Å². The summed E-state index contributed by atoms with van der Waals surface area (Å²) in [6.07, 6.45) is 0.884. The smallest absolute Gasteiger partial charge is 0.237 e. The fourth-order valence-corrected chi connectivity index (χ4v) is 2.25. The molecule has 1 aliphatic heterocycles. The first-order chi connectivity index (χ1) is 8.16. The summed E-state index contributed by atoms with van der Waals surface area (Å²) in [6, 6.07) is 10.4. The van der Waals surface area contributed by atoms with Gasteiger partial charge in [-0.15, -0.1) is 0 Å². The molecule has 1 fully saturated rings. The molecule has 2 N–H and O–H groups in total. The van der Waals surface area contributed by atoms with E-state index in [1.807, 2.05) is 18.2 Å². The first kappa shape index (κ1) is 12.1. The SMILES string of the molecule is CC(C)CC1NC(c2ccccc2)CNC1=O. The average molecular weight is 232 g/mol. The quantitative estimate of drug-likeness (QED) is 0.835. The number of nitrogens with one attached hydrogen (secondary N) is 2. The van der Waals surface area contributed by atoms with E-state index in [-0.39, 0.29) is 18.0 Å². The monoisotopic (exact) mass is 232 g/mol. The van der Waals surface area contributed by atoms with Gasteiger partial charge in [0.25, 0.3) is 0 Å². The van der Waals surface area contributed by atoms with E-state index in [0.717, 1.165) is 6.42 Å². The molecule has 1 heterocycles. The van der Waals surface area contributed by atoms with E-state index in [0.29, 0.717) is 12.5 Å². The third-order valence-electron chi connectivity index (χ3n) is 3.11. The zero-order chi connectivity index (χ0) is 12.3. The van der Waals surface area contributed by atoms with Gasteiger partial charge in [-0.25, -0.2) is 0 Å². The number of hydrogen-bond donors (Lipinski definition) is 2. The van der Waals surface area contributed by atoms with Crippen LogP contribution in [0.5, 0.6) is 0 Å². The van der Waals surface area contributed by atoms with Crippen molar-refractivity contribution in [2.24, 2.45) is 5.92 Å². The van der Waals surface area contributed by atoms with Crippen LogP contribution in [0.2, 0.25) is 0 Å². The van der Waals surface area contributed by atoms with Crippen molar-refractivity contribution >= 4 is 5.91 Å². The highest BCUT2D eigenvalue weighted by atomic mass is 16.2. The molecule has 0 spiro atoms. The van der Waals surface area contributed by atoms with E-state index in [1.54, 1.807) is 0 Å². The Hall–Kier alpha value is -1.35. The van der Waals surface area contributed by atoms with E-state index < -0.39 is 0 Å². The molecular formula is C14H20N2O. The van der Waals surface area contributed by atoms with Crippen molar-refractivity contribution in [1.82, 2.24) is 10.6 Å². The van der Waals surface area contributed by atoms with Crippen LogP contribution in [0.3, 0.4) is 0 Å². The molecule has 92 valence electrons. The maximum Gasteiger partial charge on any atom is 0.237 e. The predicted molar refractivity (Wildman–Crippen MR) is 68.6 cm³/mol. The second kappa shape index (κ2) is 5.32. The number of benzene rings is 1. The normalized spacial score (nSPS) is 24.8. The molecule has 17 heavy (non-hydrogen) atoms. The molecule has 0 bridgehead atoms. The second-order valence-corrected chi connectivity index (χ2v) is 5.06. The topological polar surface area (TPSA) is 41.1 Å². The number of carbonyl (C=O) groups is 1. The van der Waals surface area contributed by atoms with E-state index in [1.165, 1.54) is 5.56 Å². The van der Waals surface area contributed by atoms with Gasteiger partial charge in [-0.1, -0.05) is 44.2 Å². The van der Waals surface area contributed by atoms with Gasteiger partial charge < -0.3 is 5.32 Å². The molecule has 0 aromatic heterocycles. The Morgan fingerprint density at radius 2 is 2.00 bits per heavy atom. The number of hydrogen-bond acceptors (Lipinski definition) is 2. The Balaban J connectivity index is 2.05. The lowest BCUT2D eigenvalue weighted by molar-refractivity contribution is -0.125. The third kappa shape index (κ3) is 3.07. The van der Waals surface area contributed by atoms with E-state index in [2.05, 4.69) is 36.6 Å². The largest absolute Gasteiger partial charge is 0.353 e.